The van der Waals surface area contributed by atoms with E-state index in [9.17, 15) is 13.2 Å². The maximum Gasteiger partial charge on any atom is 0.573 e. The predicted molar refractivity (Wildman–Crippen MR) is 42.7 cm³/mol. The highest BCUT2D eigenvalue weighted by molar-refractivity contribution is 5.47. The van der Waals surface area contributed by atoms with E-state index in [1.807, 2.05) is 0 Å². The fourth-order valence-corrected chi connectivity index (χ4v) is 0.849. The Morgan fingerprint density at radius 2 is 2.00 bits per heavy atom. The van der Waals surface area contributed by atoms with E-state index in [2.05, 4.69) is 10.1 Å². The normalized spacial score (nSPS) is 11.1. The van der Waals surface area contributed by atoms with Gasteiger partial charge in [0.1, 0.15) is 5.75 Å². The van der Waals surface area contributed by atoms with Crippen molar-refractivity contribution in [2.45, 2.75) is 6.36 Å². The van der Waals surface area contributed by atoms with Gasteiger partial charge in [0, 0.05) is 18.8 Å². The van der Waals surface area contributed by atoms with E-state index in [0.717, 1.165) is 0 Å². The Morgan fingerprint density at radius 1 is 1.31 bits per heavy atom. The van der Waals surface area contributed by atoms with E-state index in [0.29, 0.717) is 5.69 Å². The first-order chi connectivity index (χ1) is 6.01. The quantitative estimate of drug-likeness (QED) is 0.775. The summed E-state index contributed by atoms with van der Waals surface area (Å²) in [6.45, 7) is 0. The maximum atomic E-state index is 11.7. The van der Waals surface area contributed by atoms with Gasteiger partial charge in [-0.3, -0.25) is 0 Å². The minimum absolute atomic E-state index is 0.223. The van der Waals surface area contributed by atoms with Crippen LogP contribution in [-0.4, -0.2) is 13.4 Å². The summed E-state index contributed by atoms with van der Waals surface area (Å²) in [5.41, 5.74) is 0.571. The average Bonchev–Trinajstić information content (AvgIpc) is 2.01. The molecule has 0 radical (unpaired) electrons. The average molecular weight is 191 g/mol. The summed E-state index contributed by atoms with van der Waals surface area (Å²) >= 11 is 0. The van der Waals surface area contributed by atoms with E-state index in [-0.39, 0.29) is 5.75 Å². The second-order valence-corrected chi connectivity index (χ2v) is 2.33. The smallest absolute Gasteiger partial charge is 0.406 e. The SMILES string of the molecule is CNc1cccc(OC(F)(F)F)c1. The van der Waals surface area contributed by atoms with E-state index in [1.54, 1.807) is 13.1 Å². The number of alkyl halides is 3. The van der Waals surface area contributed by atoms with E-state index < -0.39 is 6.36 Å². The van der Waals surface area contributed by atoms with Crippen LogP contribution in [0.5, 0.6) is 5.75 Å². The predicted octanol–water partition coefficient (Wildman–Crippen LogP) is 2.63. The van der Waals surface area contributed by atoms with E-state index >= 15 is 0 Å². The highest BCUT2D eigenvalue weighted by Gasteiger charge is 2.30. The molecule has 0 atom stereocenters. The highest BCUT2D eigenvalue weighted by Crippen LogP contribution is 2.24. The molecular weight excluding hydrogens is 183 g/mol. The van der Waals surface area contributed by atoms with Gasteiger partial charge in [0.2, 0.25) is 0 Å². The Hall–Kier alpha value is -1.39. The summed E-state index contributed by atoms with van der Waals surface area (Å²) in [5.74, 6) is -0.223. The number of benzene rings is 1. The van der Waals surface area contributed by atoms with Gasteiger partial charge in [-0.05, 0) is 12.1 Å². The van der Waals surface area contributed by atoms with Crippen molar-refractivity contribution in [3.05, 3.63) is 24.3 Å². The molecule has 1 aromatic rings. The van der Waals surface area contributed by atoms with Gasteiger partial charge in [-0.25, -0.2) is 0 Å². The molecular formula is C8H8F3NO. The molecule has 0 aromatic heterocycles. The van der Waals surface area contributed by atoms with Gasteiger partial charge in [-0.15, -0.1) is 13.2 Å². The lowest BCUT2D eigenvalue weighted by atomic mass is 10.3. The van der Waals surface area contributed by atoms with Gasteiger partial charge in [-0.2, -0.15) is 0 Å². The van der Waals surface area contributed by atoms with Gasteiger partial charge < -0.3 is 10.1 Å². The number of hydrogen-bond donors (Lipinski definition) is 1. The monoisotopic (exact) mass is 191 g/mol. The minimum atomic E-state index is -4.63. The van der Waals surface area contributed by atoms with Gasteiger partial charge >= 0.3 is 6.36 Å². The molecule has 0 saturated heterocycles. The lowest BCUT2D eigenvalue weighted by Gasteiger charge is -2.09. The second-order valence-electron chi connectivity index (χ2n) is 2.33. The van der Waals surface area contributed by atoms with Crippen LogP contribution in [0.1, 0.15) is 0 Å². The maximum absolute atomic E-state index is 11.7. The zero-order chi connectivity index (χ0) is 9.90. The molecule has 0 unspecified atom stereocenters. The van der Waals surface area contributed by atoms with Crippen molar-refractivity contribution in [1.82, 2.24) is 0 Å². The lowest BCUT2D eigenvalue weighted by molar-refractivity contribution is -0.274. The lowest BCUT2D eigenvalue weighted by Crippen LogP contribution is -2.17. The third kappa shape index (κ3) is 3.23. The zero-order valence-electron chi connectivity index (χ0n) is 6.85. The molecule has 1 rings (SSSR count). The molecule has 0 heterocycles. The van der Waals surface area contributed by atoms with Gasteiger partial charge in [0.25, 0.3) is 0 Å². The van der Waals surface area contributed by atoms with Crippen LogP contribution >= 0.6 is 0 Å². The van der Waals surface area contributed by atoms with Gasteiger partial charge in [-0.1, -0.05) is 6.07 Å². The Morgan fingerprint density at radius 3 is 2.54 bits per heavy atom. The zero-order valence-corrected chi connectivity index (χ0v) is 6.85. The van der Waals surface area contributed by atoms with Crippen LogP contribution in [0, 0.1) is 0 Å². The summed E-state index contributed by atoms with van der Waals surface area (Å²) in [5, 5.41) is 2.71. The Labute approximate surface area is 73.3 Å². The fourth-order valence-electron chi connectivity index (χ4n) is 0.849. The molecule has 72 valence electrons. The van der Waals surface area contributed by atoms with Crippen LogP contribution in [0.4, 0.5) is 18.9 Å². The molecule has 0 saturated carbocycles. The standard InChI is InChI=1S/C8H8F3NO/c1-12-6-3-2-4-7(5-6)13-8(9,10)11/h2-5,12H,1H3. The van der Waals surface area contributed by atoms with Crippen LogP contribution in [-0.2, 0) is 0 Å². The molecule has 13 heavy (non-hydrogen) atoms. The third-order valence-corrected chi connectivity index (χ3v) is 1.36. The van der Waals surface area contributed by atoms with Crippen molar-refractivity contribution in [2.24, 2.45) is 0 Å². The summed E-state index contributed by atoms with van der Waals surface area (Å²) < 4.78 is 38.9. The number of ether oxygens (including phenoxy) is 1. The number of anilines is 1. The Kier molecular flexibility index (Phi) is 2.65. The molecule has 0 amide bonds. The number of hydrogen-bond acceptors (Lipinski definition) is 2. The molecule has 1 aromatic carbocycles. The first-order valence-electron chi connectivity index (χ1n) is 3.55. The summed E-state index contributed by atoms with van der Waals surface area (Å²) in [7, 11) is 1.62. The summed E-state index contributed by atoms with van der Waals surface area (Å²) in [6, 6.07) is 5.64. The third-order valence-electron chi connectivity index (χ3n) is 1.36. The number of halogens is 3. The summed E-state index contributed by atoms with van der Waals surface area (Å²) in [4.78, 5) is 0. The largest absolute Gasteiger partial charge is 0.573 e. The van der Waals surface area contributed by atoms with Crippen LogP contribution < -0.4 is 10.1 Å². The fraction of sp³-hybridized carbons (Fsp3) is 0.250. The number of rotatable bonds is 2. The van der Waals surface area contributed by atoms with E-state index in [4.69, 9.17) is 0 Å². The molecule has 1 N–H and O–H groups in total. The van der Waals surface area contributed by atoms with Crippen LogP contribution in [0.2, 0.25) is 0 Å². The Bertz CT molecular complexity index is 285. The van der Waals surface area contributed by atoms with Crippen LogP contribution in [0.3, 0.4) is 0 Å². The second kappa shape index (κ2) is 3.55. The van der Waals surface area contributed by atoms with Crippen molar-refractivity contribution in [3.8, 4) is 5.75 Å². The molecule has 0 bridgehead atoms. The Balaban J connectivity index is 2.78. The number of nitrogens with one attached hydrogen (secondary N) is 1. The van der Waals surface area contributed by atoms with Crippen LogP contribution in [0.25, 0.3) is 0 Å². The minimum Gasteiger partial charge on any atom is -0.406 e. The topological polar surface area (TPSA) is 21.3 Å². The molecule has 2 nitrogen and oxygen atoms in total. The molecule has 0 spiro atoms. The van der Waals surface area contributed by atoms with Crippen molar-refractivity contribution in [1.29, 1.82) is 0 Å². The van der Waals surface area contributed by atoms with E-state index in [1.165, 1.54) is 18.2 Å². The van der Waals surface area contributed by atoms with Crippen molar-refractivity contribution < 1.29 is 17.9 Å². The first kappa shape index (κ1) is 9.70. The highest BCUT2D eigenvalue weighted by atomic mass is 19.4. The molecule has 0 aliphatic heterocycles. The van der Waals surface area contributed by atoms with Gasteiger partial charge in [0.15, 0.2) is 0 Å². The first-order valence-corrected chi connectivity index (χ1v) is 3.55. The molecule has 5 heteroatoms. The van der Waals surface area contributed by atoms with Crippen LogP contribution in [0.15, 0.2) is 24.3 Å². The molecule has 0 aliphatic carbocycles. The van der Waals surface area contributed by atoms with Gasteiger partial charge in [0.05, 0.1) is 0 Å². The molecule has 0 fully saturated rings. The van der Waals surface area contributed by atoms with Crippen molar-refractivity contribution >= 4 is 5.69 Å². The van der Waals surface area contributed by atoms with Crippen molar-refractivity contribution in [2.75, 3.05) is 12.4 Å². The summed E-state index contributed by atoms with van der Waals surface area (Å²) in [6.07, 6.45) is -4.63. The molecule has 0 aliphatic rings. The van der Waals surface area contributed by atoms with Crippen molar-refractivity contribution in [3.63, 3.8) is 0 Å².